The lowest BCUT2D eigenvalue weighted by molar-refractivity contribution is -0.136. The minimum Gasteiger partial charge on any atom is -0.466 e. The molecule has 2 aromatic rings. The third kappa shape index (κ3) is 3.37. The van der Waals surface area contributed by atoms with Crippen LogP contribution in [0.5, 0.6) is 0 Å². The Kier molecular flexibility index (Phi) is 5.05. The standard InChI is InChI=1S/C24H22FNO3/c1-14-21(24(28)29-2)22(17-10-6-7-11-18(17)25)23-19(26-14)12-16(13-20(23)27)15-8-4-3-5-9-15/h3-11,16,22,26H,12-13H2,1-2H3/t16-,22-/m0/s1. The molecule has 0 saturated carbocycles. The second-order valence-electron chi connectivity index (χ2n) is 7.44. The maximum atomic E-state index is 14.7. The number of ketones is 1. The molecule has 1 N–H and O–H groups in total. The molecule has 0 aromatic heterocycles. The Bertz CT molecular complexity index is 1040. The zero-order valence-electron chi connectivity index (χ0n) is 16.4. The highest BCUT2D eigenvalue weighted by Crippen LogP contribution is 2.46. The number of nitrogens with one attached hydrogen (secondary N) is 1. The summed E-state index contributed by atoms with van der Waals surface area (Å²) < 4.78 is 19.7. The van der Waals surface area contributed by atoms with Crippen molar-refractivity contribution in [2.75, 3.05) is 7.11 Å². The number of allylic oxidation sites excluding steroid dienone is 3. The van der Waals surface area contributed by atoms with E-state index >= 15 is 0 Å². The number of halogens is 1. The van der Waals surface area contributed by atoms with E-state index in [0.717, 1.165) is 11.3 Å². The summed E-state index contributed by atoms with van der Waals surface area (Å²) in [5, 5.41) is 3.25. The first-order valence-corrected chi connectivity index (χ1v) is 9.63. The van der Waals surface area contributed by atoms with Gasteiger partial charge >= 0.3 is 5.97 Å². The summed E-state index contributed by atoms with van der Waals surface area (Å²) in [4.78, 5) is 25.8. The van der Waals surface area contributed by atoms with Gasteiger partial charge in [-0.15, -0.1) is 0 Å². The number of dihydropyridines is 1. The average Bonchev–Trinajstić information content (AvgIpc) is 2.73. The summed E-state index contributed by atoms with van der Waals surface area (Å²) in [7, 11) is 1.29. The van der Waals surface area contributed by atoms with Crippen LogP contribution in [0.3, 0.4) is 0 Å². The molecule has 0 amide bonds. The van der Waals surface area contributed by atoms with Gasteiger partial charge < -0.3 is 10.1 Å². The number of benzene rings is 2. The number of Topliss-reactive ketones (excluding diaryl/α,β-unsaturated/α-hetero) is 1. The molecule has 2 aliphatic rings. The van der Waals surface area contributed by atoms with Gasteiger partial charge in [0.15, 0.2) is 5.78 Å². The molecule has 0 bridgehead atoms. The van der Waals surface area contributed by atoms with Crippen molar-refractivity contribution in [1.82, 2.24) is 5.32 Å². The number of rotatable bonds is 3. The lowest BCUT2D eigenvalue weighted by Crippen LogP contribution is -2.36. The van der Waals surface area contributed by atoms with Crippen molar-refractivity contribution in [3.05, 3.63) is 94.1 Å². The van der Waals surface area contributed by atoms with Crippen LogP contribution in [0.2, 0.25) is 0 Å². The van der Waals surface area contributed by atoms with Crippen molar-refractivity contribution in [2.45, 2.75) is 31.6 Å². The average molecular weight is 391 g/mol. The molecule has 0 spiro atoms. The van der Waals surface area contributed by atoms with Crippen LogP contribution in [0.15, 0.2) is 77.1 Å². The summed E-state index contributed by atoms with van der Waals surface area (Å²) in [6.45, 7) is 1.76. The normalized spacial score (nSPS) is 21.6. The quantitative estimate of drug-likeness (QED) is 0.790. The van der Waals surface area contributed by atoms with Gasteiger partial charge in [-0.1, -0.05) is 48.5 Å². The molecular weight excluding hydrogens is 369 g/mol. The molecule has 0 fully saturated rings. The SMILES string of the molecule is COC(=O)C1=C(C)NC2=C(C(=O)C[C@@H](c3ccccc3)C2)[C@H]1c1ccccc1F. The van der Waals surface area contributed by atoms with Gasteiger partial charge in [-0.2, -0.15) is 0 Å². The van der Waals surface area contributed by atoms with E-state index in [2.05, 4.69) is 5.32 Å². The Labute approximate surface area is 169 Å². The van der Waals surface area contributed by atoms with Crippen molar-refractivity contribution in [3.8, 4) is 0 Å². The molecule has 4 nitrogen and oxygen atoms in total. The van der Waals surface area contributed by atoms with Crippen LogP contribution in [-0.2, 0) is 14.3 Å². The maximum absolute atomic E-state index is 14.7. The summed E-state index contributed by atoms with van der Waals surface area (Å²) in [5.74, 6) is -1.81. The number of hydrogen-bond acceptors (Lipinski definition) is 4. The smallest absolute Gasteiger partial charge is 0.336 e. The van der Waals surface area contributed by atoms with Crippen LogP contribution >= 0.6 is 0 Å². The number of esters is 1. The second-order valence-corrected chi connectivity index (χ2v) is 7.44. The monoisotopic (exact) mass is 391 g/mol. The van der Waals surface area contributed by atoms with Crippen molar-refractivity contribution < 1.29 is 18.7 Å². The van der Waals surface area contributed by atoms with E-state index in [1.807, 2.05) is 30.3 Å². The summed E-state index contributed by atoms with van der Waals surface area (Å²) in [5.41, 5.74) is 3.50. The molecule has 29 heavy (non-hydrogen) atoms. The van der Waals surface area contributed by atoms with Gasteiger partial charge in [0, 0.05) is 29.0 Å². The van der Waals surface area contributed by atoms with Crippen LogP contribution in [0, 0.1) is 5.82 Å². The number of methoxy groups -OCH3 is 1. The molecule has 0 saturated heterocycles. The van der Waals surface area contributed by atoms with Crippen LogP contribution in [0.25, 0.3) is 0 Å². The van der Waals surface area contributed by atoms with E-state index < -0.39 is 17.7 Å². The highest BCUT2D eigenvalue weighted by molar-refractivity contribution is 6.04. The Morgan fingerprint density at radius 3 is 2.45 bits per heavy atom. The number of ether oxygens (including phenoxy) is 1. The third-order valence-electron chi connectivity index (χ3n) is 5.72. The number of carbonyl (C=O) groups is 2. The van der Waals surface area contributed by atoms with Gasteiger partial charge in [0.2, 0.25) is 0 Å². The minimum atomic E-state index is -0.774. The van der Waals surface area contributed by atoms with E-state index in [1.165, 1.54) is 13.2 Å². The highest BCUT2D eigenvalue weighted by atomic mass is 19.1. The first kappa shape index (κ1) is 19.1. The first-order chi connectivity index (χ1) is 14.0. The first-order valence-electron chi connectivity index (χ1n) is 9.63. The zero-order valence-corrected chi connectivity index (χ0v) is 16.4. The fourth-order valence-electron chi connectivity index (χ4n) is 4.40. The van der Waals surface area contributed by atoms with Gasteiger partial charge in [-0.05, 0) is 30.9 Å². The van der Waals surface area contributed by atoms with Crippen molar-refractivity contribution in [3.63, 3.8) is 0 Å². The lowest BCUT2D eigenvalue weighted by atomic mass is 9.71. The summed E-state index contributed by atoms with van der Waals surface area (Å²) >= 11 is 0. The van der Waals surface area contributed by atoms with E-state index in [0.29, 0.717) is 29.7 Å². The Morgan fingerprint density at radius 2 is 1.76 bits per heavy atom. The van der Waals surface area contributed by atoms with E-state index in [-0.39, 0.29) is 17.3 Å². The van der Waals surface area contributed by atoms with Gasteiger partial charge in [0.05, 0.1) is 18.6 Å². The Hall–Kier alpha value is -3.21. The molecule has 1 aliphatic heterocycles. The predicted molar refractivity (Wildman–Crippen MR) is 107 cm³/mol. The van der Waals surface area contributed by atoms with E-state index in [9.17, 15) is 14.0 Å². The third-order valence-corrected chi connectivity index (χ3v) is 5.72. The van der Waals surface area contributed by atoms with Gasteiger partial charge in [0.1, 0.15) is 5.82 Å². The molecule has 1 heterocycles. The molecule has 0 radical (unpaired) electrons. The lowest BCUT2D eigenvalue weighted by Gasteiger charge is -2.36. The Balaban J connectivity index is 1.84. The van der Waals surface area contributed by atoms with E-state index in [4.69, 9.17) is 4.74 Å². The molecule has 1 aliphatic carbocycles. The molecular formula is C24H22FNO3. The number of hydrogen-bond donors (Lipinski definition) is 1. The van der Waals surface area contributed by atoms with Crippen molar-refractivity contribution in [2.24, 2.45) is 0 Å². The topological polar surface area (TPSA) is 55.4 Å². The zero-order chi connectivity index (χ0) is 20.5. The fraction of sp³-hybridized carbons (Fsp3) is 0.250. The molecule has 4 rings (SSSR count). The van der Waals surface area contributed by atoms with Crippen molar-refractivity contribution in [1.29, 1.82) is 0 Å². The predicted octanol–water partition coefficient (Wildman–Crippen LogP) is 4.36. The molecule has 5 heteroatoms. The Morgan fingerprint density at radius 1 is 1.07 bits per heavy atom. The van der Waals surface area contributed by atoms with Crippen LogP contribution in [0.4, 0.5) is 4.39 Å². The van der Waals surface area contributed by atoms with Crippen molar-refractivity contribution >= 4 is 11.8 Å². The summed E-state index contributed by atoms with van der Waals surface area (Å²) in [6, 6.07) is 16.2. The van der Waals surface area contributed by atoms with E-state index in [1.54, 1.807) is 25.1 Å². The molecule has 0 unspecified atom stereocenters. The molecule has 148 valence electrons. The maximum Gasteiger partial charge on any atom is 0.336 e. The minimum absolute atomic E-state index is 0.0451. The van der Waals surface area contributed by atoms with Gasteiger partial charge in [0.25, 0.3) is 0 Å². The highest BCUT2D eigenvalue weighted by Gasteiger charge is 2.42. The van der Waals surface area contributed by atoms with Crippen LogP contribution < -0.4 is 5.32 Å². The fourth-order valence-corrected chi connectivity index (χ4v) is 4.40. The van der Waals surface area contributed by atoms with Crippen LogP contribution in [-0.4, -0.2) is 18.9 Å². The second kappa shape index (κ2) is 7.66. The summed E-state index contributed by atoms with van der Waals surface area (Å²) in [6.07, 6.45) is 0.949. The van der Waals surface area contributed by atoms with Crippen LogP contribution in [0.1, 0.15) is 42.7 Å². The largest absolute Gasteiger partial charge is 0.466 e. The molecule has 2 atom stereocenters. The molecule has 2 aromatic carbocycles. The van der Waals surface area contributed by atoms with Gasteiger partial charge in [-0.25, -0.2) is 9.18 Å². The van der Waals surface area contributed by atoms with Gasteiger partial charge in [-0.3, -0.25) is 4.79 Å². The number of carbonyl (C=O) groups excluding carboxylic acids is 2.